The lowest BCUT2D eigenvalue weighted by Gasteiger charge is -2.29. The fourth-order valence-corrected chi connectivity index (χ4v) is 3.13. The molecule has 2 rings (SSSR count). The van der Waals surface area contributed by atoms with Crippen LogP contribution in [0.1, 0.15) is 0 Å². The van der Waals surface area contributed by atoms with Crippen LogP contribution >= 0.6 is 0 Å². The molecule has 9 heteroatoms. The number of benzene rings is 1. The Balaban J connectivity index is 2.62. The van der Waals surface area contributed by atoms with E-state index in [1.165, 1.54) is 18.2 Å². The van der Waals surface area contributed by atoms with Gasteiger partial charge < -0.3 is 4.74 Å². The van der Waals surface area contributed by atoms with Gasteiger partial charge in [-0.05, 0) is 18.2 Å². The standard InChI is InChI=1S/C9H12N2O5S2/c1-17(12,13)11-4-5-16-9-3-2-7(6-8(9)11)18(10,14)15/h2-3,6H,4-5H2,1H3,(H2,10,14,15). The van der Waals surface area contributed by atoms with Crippen LogP contribution in [0.2, 0.25) is 0 Å². The molecule has 2 N–H and O–H groups in total. The Morgan fingerprint density at radius 3 is 2.50 bits per heavy atom. The van der Waals surface area contributed by atoms with Gasteiger partial charge in [0.2, 0.25) is 20.0 Å². The molecule has 1 aliphatic heterocycles. The van der Waals surface area contributed by atoms with E-state index in [1.54, 1.807) is 0 Å². The lowest BCUT2D eigenvalue weighted by molar-refractivity contribution is 0.315. The third kappa shape index (κ3) is 2.42. The van der Waals surface area contributed by atoms with Crippen molar-refractivity contribution in [2.24, 2.45) is 5.14 Å². The second-order valence-corrected chi connectivity index (χ2v) is 7.33. The average molecular weight is 292 g/mol. The van der Waals surface area contributed by atoms with Crippen LogP contribution in [0.3, 0.4) is 0 Å². The zero-order valence-electron chi connectivity index (χ0n) is 9.53. The Hall–Kier alpha value is -1.32. The maximum atomic E-state index is 11.6. The molecule has 0 aromatic heterocycles. The van der Waals surface area contributed by atoms with E-state index in [0.29, 0.717) is 5.75 Å². The predicted molar refractivity (Wildman–Crippen MR) is 65.5 cm³/mol. The van der Waals surface area contributed by atoms with Crippen molar-refractivity contribution >= 4 is 25.7 Å². The van der Waals surface area contributed by atoms with E-state index in [2.05, 4.69) is 0 Å². The SMILES string of the molecule is CS(=O)(=O)N1CCOc2ccc(S(N)(=O)=O)cc21. The minimum atomic E-state index is -3.88. The van der Waals surface area contributed by atoms with Gasteiger partial charge in [0.15, 0.2) is 0 Å². The van der Waals surface area contributed by atoms with E-state index in [0.717, 1.165) is 10.6 Å². The minimum absolute atomic E-state index is 0.139. The van der Waals surface area contributed by atoms with E-state index >= 15 is 0 Å². The van der Waals surface area contributed by atoms with Crippen molar-refractivity contribution in [2.45, 2.75) is 4.90 Å². The van der Waals surface area contributed by atoms with Crippen molar-refractivity contribution in [3.8, 4) is 5.75 Å². The molecular formula is C9H12N2O5S2. The summed E-state index contributed by atoms with van der Waals surface area (Å²) in [5.41, 5.74) is 0.190. The molecule has 18 heavy (non-hydrogen) atoms. The highest BCUT2D eigenvalue weighted by Crippen LogP contribution is 2.34. The quantitative estimate of drug-likeness (QED) is 0.790. The number of hydrogen-bond acceptors (Lipinski definition) is 5. The summed E-state index contributed by atoms with van der Waals surface area (Å²) in [7, 11) is -7.37. The van der Waals surface area contributed by atoms with Crippen LogP contribution < -0.4 is 14.2 Å². The van der Waals surface area contributed by atoms with E-state index in [9.17, 15) is 16.8 Å². The van der Waals surface area contributed by atoms with Crippen molar-refractivity contribution < 1.29 is 21.6 Å². The van der Waals surface area contributed by atoms with Crippen molar-refractivity contribution in [3.05, 3.63) is 18.2 Å². The first-order valence-corrected chi connectivity index (χ1v) is 8.36. The monoisotopic (exact) mass is 292 g/mol. The van der Waals surface area contributed by atoms with Gasteiger partial charge in [-0.25, -0.2) is 22.0 Å². The van der Waals surface area contributed by atoms with Crippen molar-refractivity contribution in [1.82, 2.24) is 0 Å². The largest absolute Gasteiger partial charge is 0.489 e. The van der Waals surface area contributed by atoms with Gasteiger partial charge in [0.05, 0.1) is 23.4 Å². The lowest BCUT2D eigenvalue weighted by Crippen LogP contribution is -2.37. The number of rotatable bonds is 2. The molecule has 1 aromatic carbocycles. The van der Waals surface area contributed by atoms with Gasteiger partial charge in [0.25, 0.3) is 0 Å². The summed E-state index contributed by atoms with van der Waals surface area (Å²) in [5.74, 6) is 0.319. The summed E-state index contributed by atoms with van der Waals surface area (Å²) in [6.45, 7) is 0.356. The molecular weight excluding hydrogens is 280 g/mol. The lowest BCUT2D eigenvalue weighted by atomic mass is 10.2. The Bertz CT molecular complexity index is 681. The van der Waals surface area contributed by atoms with Gasteiger partial charge in [0.1, 0.15) is 12.4 Å². The van der Waals surface area contributed by atoms with E-state index < -0.39 is 20.0 Å². The highest BCUT2D eigenvalue weighted by Gasteiger charge is 2.26. The first kappa shape index (κ1) is 13.1. The molecule has 1 heterocycles. The zero-order valence-corrected chi connectivity index (χ0v) is 11.2. The molecule has 0 fully saturated rings. The highest BCUT2D eigenvalue weighted by molar-refractivity contribution is 7.92. The van der Waals surface area contributed by atoms with Crippen LogP contribution in [-0.2, 0) is 20.0 Å². The molecule has 1 aromatic rings. The van der Waals surface area contributed by atoms with Crippen LogP contribution in [0.15, 0.2) is 23.1 Å². The normalized spacial score (nSPS) is 16.0. The molecule has 0 saturated heterocycles. The van der Waals surface area contributed by atoms with Gasteiger partial charge >= 0.3 is 0 Å². The number of sulfonamides is 2. The highest BCUT2D eigenvalue weighted by atomic mass is 32.2. The molecule has 0 radical (unpaired) electrons. The summed E-state index contributed by atoms with van der Waals surface area (Å²) in [6, 6.07) is 3.87. The van der Waals surface area contributed by atoms with E-state index in [4.69, 9.17) is 9.88 Å². The number of nitrogens with zero attached hydrogens (tertiary/aromatic N) is 1. The summed E-state index contributed by atoms with van der Waals surface area (Å²) in [6.07, 6.45) is 1.05. The van der Waals surface area contributed by atoms with Crippen LogP contribution in [0, 0.1) is 0 Å². The Labute approximate surface area is 105 Å². The summed E-state index contributed by atoms with van der Waals surface area (Å²) < 4.78 is 52.1. The maximum absolute atomic E-state index is 11.6. The van der Waals surface area contributed by atoms with Crippen molar-refractivity contribution in [3.63, 3.8) is 0 Å². The molecule has 7 nitrogen and oxygen atoms in total. The van der Waals surface area contributed by atoms with Gasteiger partial charge in [0, 0.05) is 0 Å². The van der Waals surface area contributed by atoms with Crippen molar-refractivity contribution in [2.75, 3.05) is 23.7 Å². The molecule has 0 aliphatic carbocycles. The Kier molecular flexibility index (Phi) is 2.99. The van der Waals surface area contributed by atoms with Gasteiger partial charge in [-0.1, -0.05) is 0 Å². The van der Waals surface area contributed by atoms with Crippen molar-refractivity contribution in [1.29, 1.82) is 0 Å². The summed E-state index contributed by atoms with van der Waals surface area (Å²) in [4.78, 5) is -0.152. The van der Waals surface area contributed by atoms with E-state index in [-0.39, 0.29) is 23.7 Å². The van der Waals surface area contributed by atoms with Gasteiger partial charge in [-0.15, -0.1) is 0 Å². The molecule has 0 bridgehead atoms. The predicted octanol–water partition coefficient (Wildman–Crippen LogP) is -0.508. The number of ether oxygens (including phenoxy) is 1. The first-order valence-electron chi connectivity index (χ1n) is 4.97. The van der Waals surface area contributed by atoms with Crippen LogP contribution in [-0.4, -0.2) is 36.2 Å². The zero-order chi connectivity index (χ0) is 13.6. The number of nitrogens with two attached hydrogens (primary N) is 1. The molecule has 1 aliphatic rings. The Morgan fingerprint density at radius 2 is 1.94 bits per heavy atom. The minimum Gasteiger partial charge on any atom is -0.489 e. The first-order chi connectivity index (χ1) is 8.19. The van der Waals surface area contributed by atoms with E-state index in [1.807, 2.05) is 0 Å². The molecule has 0 unspecified atom stereocenters. The maximum Gasteiger partial charge on any atom is 0.238 e. The van der Waals surface area contributed by atoms with Crippen LogP contribution in [0.25, 0.3) is 0 Å². The second-order valence-electron chi connectivity index (χ2n) is 3.86. The molecule has 0 saturated carbocycles. The molecule has 100 valence electrons. The summed E-state index contributed by atoms with van der Waals surface area (Å²) in [5, 5.41) is 5.01. The third-order valence-corrected chi connectivity index (χ3v) is 4.57. The smallest absolute Gasteiger partial charge is 0.238 e. The molecule has 0 atom stereocenters. The van der Waals surface area contributed by atoms with Gasteiger partial charge in [-0.3, -0.25) is 4.31 Å². The summed E-state index contributed by atoms with van der Waals surface area (Å²) >= 11 is 0. The number of anilines is 1. The third-order valence-electron chi connectivity index (χ3n) is 2.48. The number of fused-ring (bicyclic) bond motifs is 1. The topological polar surface area (TPSA) is 107 Å². The number of hydrogen-bond donors (Lipinski definition) is 1. The second kappa shape index (κ2) is 4.11. The van der Waals surface area contributed by atoms with Gasteiger partial charge in [-0.2, -0.15) is 0 Å². The number of primary sulfonamides is 1. The van der Waals surface area contributed by atoms with Crippen LogP contribution in [0.5, 0.6) is 5.75 Å². The Morgan fingerprint density at radius 1 is 1.28 bits per heavy atom. The van der Waals surface area contributed by atoms with Crippen LogP contribution in [0.4, 0.5) is 5.69 Å². The average Bonchev–Trinajstić information content (AvgIpc) is 2.25. The fourth-order valence-electron chi connectivity index (χ4n) is 1.69. The molecule has 0 spiro atoms. The fraction of sp³-hybridized carbons (Fsp3) is 0.333. The molecule has 0 amide bonds.